The van der Waals surface area contributed by atoms with Gasteiger partial charge in [0.2, 0.25) is 0 Å². The highest BCUT2D eigenvalue weighted by Gasteiger charge is 2.28. The lowest BCUT2D eigenvalue weighted by atomic mass is 10.1. The average Bonchev–Trinajstić information content (AvgIpc) is 3.50. The maximum absolute atomic E-state index is 12.1. The van der Waals surface area contributed by atoms with Gasteiger partial charge in [0.15, 0.2) is 13.2 Å². The second kappa shape index (κ2) is 8.50. The minimum atomic E-state index is -4.40. The highest BCUT2D eigenvalue weighted by atomic mass is 19.4. The lowest BCUT2D eigenvalue weighted by molar-refractivity contribution is -0.153. The highest BCUT2D eigenvalue weighted by Crippen LogP contribution is 2.40. The molecule has 1 atom stereocenters. The summed E-state index contributed by atoms with van der Waals surface area (Å²) in [7, 11) is 0. The van der Waals surface area contributed by atoms with Gasteiger partial charge in [-0.1, -0.05) is 12.1 Å². The number of nitrogens with one attached hydrogen (secondary N) is 1. The molecule has 0 saturated heterocycles. The van der Waals surface area contributed by atoms with E-state index in [1.165, 1.54) is 36.7 Å². The Hall–Kier alpha value is -2.77. The molecule has 5 nitrogen and oxygen atoms in total. The van der Waals surface area contributed by atoms with Crippen molar-refractivity contribution in [3.63, 3.8) is 0 Å². The molecule has 1 amide bonds. The molecule has 0 radical (unpaired) electrons. The van der Waals surface area contributed by atoms with E-state index in [4.69, 9.17) is 4.74 Å². The van der Waals surface area contributed by atoms with Crippen LogP contribution in [0.3, 0.4) is 0 Å². The standard InChI is InChI=1S/C20H21F3N2O3/c1-13(18-9-8-17(10-24-18)28-12-20(21,22)23)25-19(26)11-27-16-6-4-15(5-7-16)14-2-3-14/h4-10,13-14H,2-3,11-12H2,1H3,(H,25,26). The van der Waals surface area contributed by atoms with Gasteiger partial charge in [-0.25, -0.2) is 0 Å². The van der Waals surface area contributed by atoms with Crippen LogP contribution in [0.1, 0.15) is 43.0 Å². The summed E-state index contributed by atoms with van der Waals surface area (Å²) in [6, 6.07) is 10.2. The van der Waals surface area contributed by atoms with E-state index in [9.17, 15) is 18.0 Å². The number of carbonyl (C=O) groups excluding carboxylic acids is 1. The zero-order valence-corrected chi connectivity index (χ0v) is 15.3. The molecular weight excluding hydrogens is 373 g/mol. The fourth-order valence-electron chi connectivity index (χ4n) is 2.66. The number of benzene rings is 1. The highest BCUT2D eigenvalue weighted by molar-refractivity contribution is 5.77. The largest absolute Gasteiger partial charge is 0.484 e. The molecule has 1 aliphatic rings. The number of amides is 1. The number of rotatable bonds is 8. The number of pyridine rings is 1. The number of hydrogen-bond acceptors (Lipinski definition) is 4. The maximum Gasteiger partial charge on any atom is 0.422 e. The fourth-order valence-corrected chi connectivity index (χ4v) is 2.66. The normalized spacial score (nSPS) is 15.0. The summed E-state index contributed by atoms with van der Waals surface area (Å²) < 4.78 is 46.5. The Kier molecular flexibility index (Phi) is 6.06. The molecule has 0 bridgehead atoms. The summed E-state index contributed by atoms with van der Waals surface area (Å²) in [6.07, 6.45) is -0.756. The summed E-state index contributed by atoms with van der Waals surface area (Å²) in [5.41, 5.74) is 1.79. The van der Waals surface area contributed by atoms with Gasteiger partial charge in [-0.15, -0.1) is 0 Å². The quantitative estimate of drug-likeness (QED) is 0.731. The first-order chi connectivity index (χ1) is 13.3. The zero-order valence-electron chi connectivity index (χ0n) is 15.3. The second-order valence-corrected chi connectivity index (χ2v) is 6.74. The molecular formula is C20H21F3N2O3. The molecule has 3 rings (SSSR count). The Morgan fingerprint density at radius 3 is 2.39 bits per heavy atom. The van der Waals surface area contributed by atoms with E-state index < -0.39 is 18.8 Å². The van der Waals surface area contributed by atoms with Crippen LogP contribution in [0.15, 0.2) is 42.6 Å². The minimum absolute atomic E-state index is 0.0116. The van der Waals surface area contributed by atoms with Crippen LogP contribution in [-0.4, -0.2) is 30.3 Å². The van der Waals surface area contributed by atoms with Crippen LogP contribution >= 0.6 is 0 Å². The molecule has 150 valence electrons. The van der Waals surface area contributed by atoms with Gasteiger partial charge in [-0.3, -0.25) is 9.78 Å². The third-order valence-corrected chi connectivity index (χ3v) is 4.28. The molecule has 0 spiro atoms. The zero-order chi connectivity index (χ0) is 20.1. The summed E-state index contributed by atoms with van der Waals surface area (Å²) in [5, 5.41) is 2.73. The molecule has 1 saturated carbocycles. The first-order valence-electron chi connectivity index (χ1n) is 8.98. The van der Waals surface area contributed by atoms with Crippen molar-refractivity contribution in [3.8, 4) is 11.5 Å². The first kappa shape index (κ1) is 20.0. The van der Waals surface area contributed by atoms with Crippen molar-refractivity contribution < 1.29 is 27.4 Å². The Morgan fingerprint density at radius 2 is 1.82 bits per heavy atom. The van der Waals surface area contributed by atoms with Crippen molar-refractivity contribution in [3.05, 3.63) is 53.9 Å². The number of nitrogens with zero attached hydrogens (tertiary/aromatic N) is 1. The molecule has 28 heavy (non-hydrogen) atoms. The Bertz CT molecular complexity index is 788. The minimum Gasteiger partial charge on any atom is -0.484 e. The molecule has 1 unspecified atom stereocenters. The molecule has 8 heteroatoms. The second-order valence-electron chi connectivity index (χ2n) is 6.74. The van der Waals surface area contributed by atoms with Crippen molar-refractivity contribution in [1.82, 2.24) is 10.3 Å². The Balaban J connectivity index is 1.44. The van der Waals surface area contributed by atoms with E-state index >= 15 is 0 Å². The van der Waals surface area contributed by atoms with Crippen molar-refractivity contribution in [1.29, 1.82) is 0 Å². The van der Waals surface area contributed by atoms with Crippen LogP contribution in [0.4, 0.5) is 13.2 Å². The maximum atomic E-state index is 12.1. The van der Waals surface area contributed by atoms with E-state index in [0.717, 1.165) is 0 Å². The van der Waals surface area contributed by atoms with Crippen molar-refractivity contribution in [2.45, 2.75) is 37.9 Å². The van der Waals surface area contributed by atoms with Crippen LogP contribution in [0.2, 0.25) is 0 Å². The smallest absolute Gasteiger partial charge is 0.422 e. The van der Waals surface area contributed by atoms with Gasteiger partial charge < -0.3 is 14.8 Å². The number of aromatic nitrogens is 1. The molecule has 1 fully saturated rings. The van der Waals surface area contributed by atoms with Crippen molar-refractivity contribution in [2.75, 3.05) is 13.2 Å². The van der Waals surface area contributed by atoms with Gasteiger partial charge in [-0.2, -0.15) is 13.2 Å². The van der Waals surface area contributed by atoms with Gasteiger partial charge in [0.25, 0.3) is 5.91 Å². The fraction of sp³-hybridized carbons (Fsp3) is 0.400. The van der Waals surface area contributed by atoms with Crippen molar-refractivity contribution >= 4 is 5.91 Å². The van der Waals surface area contributed by atoms with Gasteiger partial charge in [0.1, 0.15) is 11.5 Å². The van der Waals surface area contributed by atoms with Crippen LogP contribution in [0.25, 0.3) is 0 Å². The Morgan fingerprint density at radius 1 is 1.14 bits per heavy atom. The number of alkyl halides is 3. The third kappa shape index (κ3) is 6.14. The average molecular weight is 394 g/mol. The molecule has 0 aliphatic heterocycles. The summed E-state index contributed by atoms with van der Waals surface area (Å²) in [5.74, 6) is 0.975. The van der Waals surface area contributed by atoms with Gasteiger partial charge in [0.05, 0.1) is 17.9 Å². The first-order valence-corrected chi connectivity index (χ1v) is 8.98. The van der Waals surface area contributed by atoms with E-state index in [2.05, 4.69) is 15.0 Å². The van der Waals surface area contributed by atoms with Crippen molar-refractivity contribution in [2.24, 2.45) is 0 Å². The SMILES string of the molecule is CC(NC(=O)COc1ccc(C2CC2)cc1)c1ccc(OCC(F)(F)F)cn1. The molecule has 1 heterocycles. The number of carbonyl (C=O) groups is 1. The number of ether oxygens (including phenoxy) is 2. The van der Waals surface area contributed by atoms with Gasteiger partial charge in [0, 0.05) is 0 Å². The van der Waals surface area contributed by atoms with Crippen LogP contribution < -0.4 is 14.8 Å². The lowest BCUT2D eigenvalue weighted by Gasteiger charge is -2.15. The molecule has 1 N–H and O–H groups in total. The summed E-state index contributed by atoms with van der Waals surface area (Å²) in [6.45, 7) is 0.208. The summed E-state index contributed by atoms with van der Waals surface area (Å²) in [4.78, 5) is 16.1. The van der Waals surface area contributed by atoms with E-state index in [-0.39, 0.29) is 18.3 Å². The van der Waals surface area contributed by atoms with Crippen LogP contribution in [0.5, 0.6) is 11.5 Å². The predicted molar refractivity (Wildman–Crippen MR) is 96.3 cm³/mol. The van der Waals surface area contributed by atoms with Crippen LogP contribution in [0, 0.1) is 0 Å². The van der Waals surface area contributed by atoms with Gasteiger partial charge >= 0.3 is 6.18 Å². The number of halogens is 3. The third-order valence-electron chi connectivity index (χ3n) is 4.28. The molecule has 1 aromatic heterocycles. The van der Waals surface area contributed by atoms with E-state index in [1.54, 1.807) is 6.92 Å². The Labute approximate surface area is 160 Å². The number of hydrogen-bond donors (Lipinski definition) is 1. The molecule has 1 aliphatic carbocycles. The predicted octanol–water partition coefficient (Wildman–Crippen LogP) is 4.16. The molecule has 1 aromatic carbocycles. The van der Waals surface area contributed by atoms with E-state index in [0.29, 0.717) is 17.4 Å². The topological polar surface area (TPSA) is 60.5 Å². The molecule has 2 aromatic rings. The summed E-state index contributed by atoms with van der Waals surface area (Å²) >= 11 is 0. The lowest BCUT2D eigenvalue weighted by Crippen LogP contribution is -2.31. The van der Waals surface area contributed by atoms with Crippen LogP contribution in [-0.2, 0) is 4.79 Å². The van der Waals surface area contributed by atoms with E-state index in [1.807, 2.05) is 24.3 Å². The monoisotopic (exact) mass is 394 g/mol. The van der Waals surface area contributed by atoms with Gasteiger partial charge in [-0.05, 0) is 55.5 Å².